The number of hydrogen-bond donors (Lipinski definition) is 2. The predicted molar refractivity (Wildman–Crippen MR) is 83.6 cm³/mol. The van der Waals surface area contributed by atoms with Gasteiger partial charge < -0.3 is 11.1 Å². The van der Waals surface area contributed by atoms with Crippen LogP contribution in [-0.2, 0) is 0 Å². The van der Waals surface area contributed by atoms with Crippen molar-refractivity contribution in [3.05, 3.63) is 64.2 Å². The summed E-state index contributed by atoms with van der Waals surface area (Å²) in [4.78, 5) is 23.9. The third-order valence-electron chi connectivity index (χ3n) is 3.34. The molecule has 0 aliphatic rings. The van der Waals surface area contributed by atoms with Crippen molar-refractivity contribution in [2.45, 2.75) is 20.8 Å². The lowest BCUT2D eigenvalue weighted by Gasteiger charge is -2.13. The van der Waals surface area contributed by atoms with Gasteiger partial charge in [-0.3, -0.25) is 9.59 Å². The third-order valence-corrected chi connectivity index (χ3v) is 3.34. The smallest absolute Gasteiger partial charge is 0.256 e. The lowest BCUT2D eigenvalue weighted by Crippen LogP contribution is -2.19. The Balaban J connectivity index is 2.38. The maximum atomic E-state index is 12.5. The van der Waals surface area contributed by atoms with Crippen LogP contribution in [0.15, 0.2) is 36.4 Å². The van der Waals surface area contributed by atoms with Gasteiger partial charge in [0.2, 0.25) is 0 Å². The first-order chi connectivity index (χ1) is 9.90. The number of amides is 2. The molecular weight excluding hydrogens is 264 g/mol. The summed E-state index contributed by atoms with van der Waals surface area (Å²) >= 11 is 0. The molecule has 2 aromatic rings. The van der Waals surface area contributed by atoms with Gasteiger partial charge in [0.05, 0.1) is 11.3 Å². The van der Waals surface area contributed by atoms with E-state index in [2.05, 4.69) is 5.32 Å². The van der Waals surface area contributed by atoms with Gasteiger partial charge in [0.25, 0.3) is 11.8 Å². The van der Waals surface area contributed by atoms with Gasteiger partial charge in [0, 0.05) is 5.56 Å². The van der Waals surface area contributed by atoms with Crippen molar-refractivity contribution in [2.75, 3.05) is 5.32 Å². The van der Waals surface area contributed by atoms with Crippen LogP contribution in [-0.4, -0.2) is 11.8 Å². The first-order valence-electron chi connectivity index (χ1n) is 6.68. The number of aryl methyl sites for hydroxylation is 3. The van der Waals surface area contributed by atoms with Crippen LogP contribution in [0.25, 0.3) is 0 Å². The zero-order chi connectivity index (χ0) is 15.6. The van der Waals surface area contributed by atoms with Crippen LogP contribution in [0.3, 0.4) is 0 Å². The van der Waals surface area contributed by atoms with Gasteiger partial charge in [0.15, 0.2) is 0 Å². The van der Waals surface area contributed by atoms with Gasteiger partial charge in [0.1, 0.15) is 0 Å². The summed E-state index contributed by atoms with van der Waals surface area (Å²) in [7, 11) is 0. The average molecular weight is 282 g/mol. The van der Waals surface area contributed by atoms with E-state index in [-0.39, 0.29) is 5.91 Å². The Labute approximate surface area is 124 Å². The molecule has 0 heterocycles. The van der Waals surface area contributed by atoms with Gasteiger partial charge in [-0.25, -0.2) is 0 Å². The molecule has 0 saturated heterocycles. The van der Waals surface area contributed by atoms with Crippen molar-refractivity contribution in [3.63, 3.8) is 0 Å². The Morgan fingerprint density at radius 1 is 1.00 bits per heavy atom. The van der Waals surface area contributed by atoms with Crippen LogP contribution in [0.5, 0.6) is 0 Å². The zero-order valence-corrected chi connectivity index (χ0v) is 12.4. The van der Waals surface area contributed by atoms with Gasteiger partial charge >= 0.3 is 0 Å². The number of para-hydroxylation sites is 1. The molecule has 0 aromatic heterocycles. The van der Waals surface area contributed by atoms with E-state index in [0.717, 1.165) is 16.7 Å². The third kappa shape index (κ3) is 3.11. The highest BCUT2D eigenvalue weighted by Crippen LogP contribution is 2.20. The molecule has 4 heteroatoms. The summed E-state index contributed by atoms with van der Waals surface area (Å²) in [5, 5.41) is 2.77. The van der Waals surface area contributed by atoms with E-state index < -0.39 is 5.91 Å². The highest BCUT2D eigenvalue weighted by Gasteiger charge is 2.15. The molecule has 0 aliphatic carbocycles. The summed E-state index contributed by atoms with van der Waals surface area (Å²) in [6.07, 6.45) is 0. The van der Waals surface area contributed by atoms with E-state index in [9.17, 15) is 9.59 Å². The second-order valence-electron chi connectivity index (χ2n) is 5.14. The van der Waals surface area contributed by atoms with E-state index in [1.165, 1.54) is 0 Å². The molecule has 2 aromatic carbocycles. The first-order valence-corrected chi connectivity index (χ1v) is 6.68. The quantitative estimate of drug-likeness (QED) is 0.908. The van der Waals surface area contributed by atoms with Crippen molar-refractivity contribution >= 4 is 17.5 Å². The minimum Gasteiger partial charge on any atom is -0.366 e. The fraction of sp³-hybridized carbons (Fsp3) is 0.176. The maximum Gasteiger partial charge on any atom is 0.256 e. The van der Waals surface area contributed by atoms with Gasteiger partial charge in [-0.1, -0.05) is 29.8 Å². The number of anilines is 1. The minimum absolute atomic E-state index is 0.237. The number of primary amides is 1. The average Bonchev–Trinajstić information content (AvgIpc) is 2.37. The second-order valence-corrected chi connectivity index (χ2v) is 5.14. The van der Waals surface area contributed by atoms with Crippen LogP contribution < -0.4 is 11.1 Å². The topological polar surface area (TPSA) is 72.2 Å². The Bertz CT molecular complexity index is 697. The molecule has 0 atom stereocenters. The monoisotopic (exact) mass is 282 g/mol. The number of benzene rings is 2. The summed E-state index contributed by atoms with van der Waals surface area (Å²) in [6.45, 7) is 5.79. The molecule has 0 aliphatic heterocycles. The Morgan fingerprint density at radius 3 is 2.14 bits per heavy atom. The van der Waals surface area contributed by atoms with Crippen molar-refractivity contribution in [2.24, 2.45) is 5.73 Å². The maximum absolute atomic E-state index is 12.5. The van der Waals surface area contributed by atoms with Crippen molar-refractivity contribution < 1.29 is 9.59 Å². The van der Waals surface area contributed by atoms with Crippen molar-refractivity contribution in [1.82, 2.24) is 0 Å². The molecular formula is C17H18N2O2. The fourth-order valence-corrected chi connectivity index (χ4v) is 2.53. The Kier molecular flexibility index (Phi) is 4.08. The van der Waals surface area contributed by atoms with Crippen LogP contribution in [0, 0.1) is 20.8 Å². The first kappa shape index (κ1) is 14.8. The molecule has 0 bridgehead atoms. The molecule has 108 valence electrons. The molecule has 2 amide bonds. The fourth-order valence-electron chi connectivity index (χ4n) is 2.53. The summed E-state index contributed by atoms with van der Waals surface area (Å²) < 4.78 is 0. The number of rotatable bonds is 3. The lowest BCUT2D eigenvalue weighted by molar-refractivity contribution is 0.100. The largest absolute Gasteiger partial charge is 0.366 e. The molecule has 2 rings (SSSR count). The SMILES string of the molecule is Cc1cc(C)c(C(=O)Nc2ccccc2C(N)=O)c(C)c1. The Morgan fingerprint density at radius 2 is 1.57 bits per heavy atom. The van der Waals surface area contributed by atoms with Gasteiger partial charge in [-0.15, -0.1) is 0 Å². The normalized spacial score (nSPS) is 10.2. The molecule has 0 spiro atoms. The summed E-state index contributed by atoms with van der Waals surface area (Å²) in [6, 6.07) is 10.6. The minimum atomic E-state index is -0.566. The van der Waals surface area contributed by atoms with E-state index in [0.29, 0.717) is 16.8 Å². The highest BCUT2D eigenvalue weighted by atomic mass is 16.2. The zero-order valence-electron chi connectivity index (χ0n) is 12.4. The summed E-state index contributed by atoms with van der Waals surface area (Å²) in [5.74, 6) is -0.804. The number of nitrogens with one attached hydrogen (secondary N) is 1. The van der Waals surface area contributed by atoms with Crippen molar-refractivity contribution in [1.29, 1.82) is 0 Å². The van der Waals surface area contributed by atoms with Gasteiger partial charge in [-0.05, 0) is 44.0 Å². The standard InChI is InChI=1S/C17H18N2O2/c1-10-8-11(2)15(12(3)9-10)17(21)19-14-7-5-4-6-13(14)16(18)20/h4-9H,1-3H3,(H2,18,20)(H,19,21). The number of carbonyl (C=O) groups is 2. The molecule has 21 heavy (non-hydrogen) atoms. The van der Waals surface area contributed by atoms with Crippen LogP contribution in [0.1, 0.15) is 37.4 Å². The van der Waals surface area contributed by atoms with E-state index >= 15 is 0 Å². The molecule has 0 radical (unpaired) electrons. The number of carbonyl (C=O) groups excluding carboxylic acids is 2. The van der Waals surface area contributed by atoms with Crippen LogP contribution in [0.2, 0.25) is 0 Å². The Hall–Kier alpha value is -2.62. The molecule has 4 nitrogen and oxygen atoms in total. The molecule has 0 unspecified atom stereocenters. The summed E-state index contributed by atoms with van der Waals surface area (Å²) in [5.41, 5.74) is 9.59. The second kappa shape index (κ2) is 5.79. The van der Waals surface area contributed by atoms with Crippen LogP contribution >= 0.6 is 0 Å². The lowest BCUT2D eigenvalue weighted by atomic mass is 9.99. The van der Waals surface area contributed by atoms with Crippen LogP contribution in [0.4, 0.5) is 5.69 Å². The molecule has 0 saturated carbocycles. The molecule has 3 N–H and O–H groups in total. The van der Waals surface area contributed by atoms with E-state index in [1.54, 1.807) is 24.3 Å². The van der Waals surface area contributed by atoms with E-state index in [4.69, 9.17) is 5.73 Å². The van der Waals surface area contributed by atoms with Crippen molar-refractivity contribution in [3.8, 4) is 0 Å². The predicted octanol–water partition coefficient (Wildman–Crippen LogP) is 2.96. The number of nitrogens with two attached hydrogens (primary N) is 1. The molecule has 0 fully saturated rings. The van der Waals surface area contributed by atoms with E-state index in [1.807, 2.05) is 32.9 Å². The highest BCUT2D eigenvalue weighted by molar-refractivity contribution is 6.10. The number of hydrogen-bond acceptors (Lipinski definition) is 2. The van der Waals surface area contributed by atoms with Gasteiger partial charge in [-0.2, -0.15) is 0 Å².